The molecule has 1 aliphatic rings. The molecule has 0 aliphatic carbocycles. The van der Waals surface area contributed by atoms with Gasteiger partial charge in [-0.2, -0.15) is 23.1 Å². The minimum absolute atomic E-state index is 0.0954. The Kier molecular flexibility index (Phi) is 6.36. The van der Waals surface area contributed by atoms with E-state index in [1.54, 1.807) is 29.6 Å². The number of nitrogens with zero attached hydrogens (tertiary/aromatic N) is 7. The number of benzene rings is 1. The van der Waals surface area contributed by atoms with Crippen LogP contribution in [0.4, 0.5) is 30.8 Å². The van der Waals surface area contributed by atoms with Crippen LogP contribution >= 0.6 is 0 Å². The number of hydrogen-bond acceptors (Lipinski definition) is 8. The van der Waals surface area contributed by atoms with E-state index in [0.717, 1.165) is 25.1 Å². The zero-order chi connectivity index (χ0) is 25.1. The molecule has 10 nitrogen and oxygen atoms in total. The fraction of sp³-hybridized carbons (Fsp3) is 0.304. The summed E-state index contributed by atoms with van der Waals surface area (Å²) in [6, 6.07) is 6.75. The highest BCUT2D eigenvalue weighted by atomic mass is 19.4. The first-order valence-electron chi connectivity index (χ1n) is 11.3. The van der Waals surface area contributed by atoms with Crippen LogP contribution in [0.3, 0.4) is 0 Å². The number of halogens is 3. The van der Waals surface area contributed by atoms with Gasteiger partial charge in [0.2, 0.25) is 11.9 Å². The van der Waals surface area contributed by atoms with Crippen LogP contribution in [0.5, 0.6) is 0 Å². The van der Waals surface area contributed by atoms with Crippen molar-refractivity contribution in [3.05, 3.63) is 60.3 Å². The highest BCUT2D eigenvalue weighted by Gasteiger charge is 2.30. The Bertz CT molecular complexity index is 1370. The van der Waals surface area contributed by atoms with Gasteiger partial charge < -0.3 is 20.1 Å². The van der Waals surface area contributed by atoms with Gasteiger partial charge in [-0.05, 0) is 30.2 Å². The zero-order valence-corrected chi connectivity index (χ0v) is 19.0. The molecule has 0 spiro atoms. The monoisotopic (exact) mass is 497 g/mol. The molecule has 0 atom stereocenters. The lowest BCUT2D eigenvalue weighted by atomic mass is 10.1. The van der Waals surface area contributed by atoms with Crippen molar-refractivity contribution >= 4 is 34.7 Å². The third kappa shape index (κ3) is 5.19. The number of nitrogens with one attached hydrogen (secondary N) is 2. The van der Waals surface area contributed by atoms with E-state index in [-0.39, 0.29) is 18.4 Å². The molecule has 1 amide bonds. The van der Waals surface area contributed by atoms with E-state index < -0.39 is 11.7 Å². The fourth-order valence-corrected chi connectivity index (χ4v) is 3.98. The van der Waals surface area contributed by atoms with E-state index in [2.05, 4.69) is 35.6 Å². The summed E-state index contributed by atoms with van der Waals surface area (Å²) in [6.45, 7) is 1.83. The van der Waals surface area contributed by atoms with Gasteiger partial charge in [0, 0.05) is 38.8 Å². The zero-order valence-electron chi connectivity index (χ0n) is 19.0. The third-order valence-corrected chi connectivity index (χ3v) is 5.78. The maximum atomic E-state index is 13.1. The van der Waals surface area contributed by atoms with E-state index in [4.69, 9.17) is 0 Å². The summed E-state index contributed by atoms with van der Waals surface area (Å²) in [5, 5.41) is 6.11. The highest BCUT2D eigenvalue weighted by molar-refractivity contribution is 5.84. The number of likely N-dealkylation sites (tertiary alicyclic amines) is 1. The van der Waals surface area contributed by atoms with Crippen molar-refractivity contribution in [3.8, 4) is 0 Å². The molecule has 1 saturated heterocycles. The molecular weight excluding hydrogens is 475 g/mol. The summed E-state index contributed by atoms with van der Waals surface area (Å²) < 4.78 is 41.2. The van der Waals surface area contributed by atoms with Crippen molar-refractivity contribution in [2.75, 3.05) is 23.7 Å². The molecule has 3 aromatic heterocycles. The fourth-order valence-electron chi connectivity index (χ4n) is 3.98. The van der Waals surface area contributed by atoms with Crippen LogP contribution in [0, 0.1) is 0 Å². The first-order valence-corrected chi connectivity index (χ1v) is 11.3. The summed E-state index contributed by atoms with van der Waals surface area (Å²) in [4.78, 5) is 35.3. The molecule has 1 fully saturated rings. The van der Waals surface area contributed by atoms with Crippen LogP contribution in [-0.2, 0) is 24.1 Å². The lowest BCUT2D eigenvalue weighted by Gasteiger charge is -2.16. The Morgan fingerprint density at radius 1 is 1.08 bits per heavy atom. The maximum absolute atomic E-state index is 13.1. The first-order chi connectivity index (χ1) is 17.4. The van der Waals surface area contributed by atoms with Crippen molar-refractivity contribution in [1.29, 1.82) is 0 Å². The standard InChI is InChI=1S/C23H22F3N9O/c24-23(25,26)16-4-1-3-15(11-16)12-28-20-19-21(33-22(32-20)31-17-6-7-27-13-29-17)35(14-30-19)10-9-34-8-2-5-18(34)36/h1,3-4,6-7,11,13-14H,2,5,8-10,12H2,(H2,27,28,29,31,32,33). The Morgan fingerprint density at radius 3 is 2.72 bits per heavy atom. The number of alkyl halides is 3. The second kappa shape index (κ2) is 9.76. The average molecular weight is 497 g/mol. The molecule has 0 bridgehead atoms. The topological polar surface area (TPSA) is 114 Å². The predicted molar refractivity (Wildman–Crippen MR) is 125 cm³/mol. The Hall–Kier alpha value is -4.29. The van der Waals surface area contributed by atoms with Crippen LogP contribution in [0.15, 0.2) is 49.2 Å². The van der Waals surface area contributed by atoms with E-state index in [1.807, 2.05) is 4.57 Å². The molecule has 4 aromatic rings. The van der Waals surface area contributed by atoms with Crippen LogP contribution < -0.4 is 10.6 Å². The highest BCUT2D eigenvalue weighted by Crippen LogP contribution is 2.30. The third-order valence-electron chi connectivity index (χ3n) is 5.78. The largest absolute Gasteiger partial charge is 0.416 e. The van der Waals surface area contributed by atoms with Crippen molar-refractivity contribution in [1.82, 2.24) is 34.4 Å². The lowest BCUT2D eigenvalue weighted by molar-refractivity contribution is -0.137. The Balaban J connectivity index is 1.43. The second-order valence-corrected chi connectivity index (χ2v) is 8.26. The molecule has 0 unspecified atom stereocenters. The Labute approximate surface area is 203 Å². The quantitative estimate of drug-likeness (QED) is 0.380. The summed E-state index contributed by atoms with van der Waals surface area (Å²) in [7, 11) is 0. The number of imidazole rings is 1. The number of fused-ring (bicyclic) bond motifs is 1. The second-order valence-electron chi connectivity index (χ2n) is 8.26. The van der Waals surface area contributed by atoms with Gasteiger partial charge in [-0.25, -0.2) is 15.0 Å². The molecule has 4 heterocycles. The summed E-state index contributed by atoms with van der Waals surface area (Å²) >= 11 is 0. The average Bonchev–Trinajstić information content (AvgIpc) is 3.47. The van der Waals surface area contributed by atoms with E-state index in [0.29, 0.717) is 47.9 Å². The van der Waals surface area contributed by atoms with Crippen LogP contribution in [0.25, 0.3) is 11.2 Å². The SMILES string of the molecule is O=C1CCCN1CCn1cnc2c(NCc3cccc(C(F)(F)F)c3)nc(Nc3ccncn3)nc21. The number of anilines is 3. The van der Waals surface area contributed by atoms with Crippen LogP contribution in [-0.4, -0.2) is 53.4 Å². The molecule has 2 N–H and O–H groups in total. The molecule has 5 rings (SSSR count). The molecule has 0 radical (unpaired) electrons. The van der Waals surface area contributed by atoms with Gasteiger partial charge in [-0.3, -0.25) is 4.79 Å². The van der Waals surface area contributed by atoms with E-state index in [1.165, 1.54) is 12.4 Å². The Morgan fingerprint density at radius 2 is 1.97 bits per heavy atom. The number of carbonyl (C=O) groups excluding carboxylic acids is 1. The van der Waals surface area contributed by atoms with Gasteiger partial charge >= 0.3 is 6.18 Å². The molecule has 1 aliphatic heterocycles. The van der Waals surface area contributed by atoms with Crippen molar-refractivity contribution in [2.45, 2.75) is 32.1 Å². The molecule has 0 saturated carbocycles. The van der Waals surface area contributed by atoms with Crippen molar-refractivity contribution in [2.24, 2.45) is 0 Å². The number of hydrogen-bond donors (Lipinski definition) is 2. The van der Waals surface area contributed by atoms with Gasteiger partial charge in [-0.15, -0.1) is 0 Å². The molecule has 186 valence electrons. The smallest absolute Gasteiger partial charge is 0.364 e. The van der Waals surface area contributed by atoms with Gasteiger partial charge in [-0.1, -0.05) is 12.1 Å². The van der Waals surface area contributed by atoms with Crippen molar-refractivity contribution in [3.63, 3.8) is 0 Å². The first kappa shape index (κ1) is 23.5. The maximum Gasteiger partial charge on any atom is 0.416 e. The minimum Gasteiger partial charge on any atom is -0.364 e. The lowest BCUT2D eigenvalue weighted by Crippen LogP contribution is -2.28. The van der Waals surface area contributed by atoms with Crippen LogP contribution in [0.1, 0.15) is 24.0 Å². The summed E-state index contributed by atoms with van der Waals surface area (Å²) in [6.07, 6.45) is 1.54. The van der Waals surface area contributed by atoms with E-state index >= 15 is 0 Å². The van der Waals surface area contributed by atoms with Gasteiger partial charge in [0.1, 0.15) is 12.1 Å². The number of rotatable bonds is 8. The van der Waals surface area contributed by atoms with Gasteiger partial charge in [0.15, 0.2) is 17.0 Å². The summed E-state index contributed by atoms with van der Waals surface area (Å²) in [5.41, 5.74) is 0.693. The van der Waals surface area contributed by atoms with E-state index in [9.17, 15) is 18.0 Å². The van der Waals surface area contributed by atoms with Gasteiger partial charge in [0.05, 0.1) is 11.9 Å². The number of aromatic nitrogens is 6. The molecule has 1 aromatic carbocycles. The summed E-state index contributed by atoms with van der Waals surface area (Å²) in [5.74, 6) is 1.18. The van der Waals surface area contributed by atoms with Crippen molar-refractivity contribution < 1.29 is 18.0 Å². The normalized spacial score (nSPS) is 14.0. The predicted octanol–water partition coefficient (Wildman–Crippen LogP) is 3.61. The molecular formula is C23H22F3N9O. The number of carbonyl (C=O) groups is 1. The van der Waals surface area contributed by atoms with Crippen LogP contribution in [0.2, 0.25) is 0 Å². The number of amides is 1. The van der Waals surface area contributed by atoms with Gasteiger partial charge in [0.25, 0.3) is 0 Å². The molecule has 36 heavy (non-hydrogen) atoms. The molecule has 13 heteroatoms. The minimum atomic E-state index is -4.43.